The molecule has 0 saturated heterocycles. The largest absolute Gasteiger partial charge is 0.355 e. The van der Waals surface area contributed by atoms with Gasteiger partial charge in [0.05, 0.1) is 6.04 Å². The van der Waals surface area contributed by atoms with E-state index in [0.717, 1.165) is 25.9 Å². The second-order valence-electron chi connectivity index (χ2n) is 6.11. The molecular weight excluding hydrogens is 238 g/mol. The third kappa shape index (κ3) is 5.49. The summed E-state index contributed by atoms with van der Waals surface area (Å²) in [5.74, 6) is 0.806. The molecule has 0 aromatic carbocycles. The lowest BCUT2D eigenvalue weighted by Crippen LogP contribution is -2.52. The standard InChI is InChI=1S/C15H31N3O/c1-12(2)8-10-17-15(19)13(3)18(11-5-9-16)14-6-4-7-14/h12-14H,4-11,16H2,1-3H3,(H,17,19). The Labute approximate surface area is 118 Å². The Balaban J connectivity index is 2.40. The molecule has 1 fully saturated rings. The number of nitrogens with two attached hydrogens (primary N) is 1. The molecule has 4 heteroatoms. The van der Waals surface area contributed by atoms with Gasteiger partial charge < -0.3 is 11.1 Å². The maximum Gasteiger partial charge on any atom is 0.237 e. The van der Waals surface area contributed by atoms with Crippen LogP contribution in [-0.4, -0.2) is 42.5 Å². The molecule has 0 radical (unpaired) electrons. The highest BCUT2D eigenvalue weighted by atomic mass is 16.2. The highest BCUT2D eigenvalue weighted by Gasteiger charge is 2.31. The van der Waals surface area contributed by atoms with Crippen LogP contribution < -0.4 is 11.1 Å². The minimum Gasteiger partial charge on any atom is -0.355 e. The molecule has 112 valence electrons. The first-order chi connectivity index (χ1) is 9.06. The molecule has 1 amide bonds. The van der Waals surface area contributed by atoms with Gasteiger partial charge in [-0.1, -0.05) is 20.3 Å². The fourth-order valence-corrected chi connectivity index (χ4v) is 2.47. The summed E-state index contributed by atoms with van der Waals surface area (Å²) in [6.07, 6.45) is 5.78. The Hall–Kier alpha value is -0.610. The van der Waals surface area contributed by atoms with Crippen LogP contribution in [0.1, 0.15) is 52.9 Å². The van der Waals surface area contributed by atoms with Crippen molar-refractivity contribution < 1.29 is 4.79 Å². The van der Waals surface area contributed by atoms with Gasteiger partial charge in [0.15, 0.2) is 0 Å². The molecule has 1 aliphatic rings. The zero-order chi connectivity index (χ0) is 14.3. The van der Waals surface area contributed by atoms with Gasteiger partial charge in [-0.3, -0.25) is 9.69 Å². The predicted molar refractivity (Wildman–Crippen MR) is 79.9 cm³/mol. The first-order valence-electron chi connectivity index (χ1n) is 7.79. The van der Waals surface area contributed by atoms with Crippen LogP contribution in [0.2, 0.25) is 0 Å². The van der Waals surface area contributed by atoms with Gasteiger partial charge in [0.1, 0.15) is 0 Å². The van der Waals surface area contributed by atoms with E-state index in [-0.39, 0.29) is 11.9 Å². The number of hydrogen-bond acceptors (Lipinski definition) is 3. The van der Waals surface area contributed by atoms with Gasteiger partial charge in [-0.25, -0.2) is 0 Å². The van der Waals surface area contributed by atoms with Crippen molar-refractivity contribution in [1.29, 1.82) is 0 Å². The molecule has 0 heterocycles. The topological polar surface area (TPSA) is 58.4 Å². The number of carbonyl (C=O) groups excluding carboxylic acids is 1. The maximum absolute atomic E-state index is 12.2. The first-order valence-corrected chi connectivity index (χ1v) is 7.79. The smallest absolute Gasteiger partial charge is 0.237 e. The molecule has 0 bridgehead atoms. The molecule has 1 atom stereocenters. The van der Waals surface area contributed by atoms with Crippen molar-refractivity contribution in [3.63, 3.8) is 0 Å². The number of nitrogens with zero attached hydrogens (tertiary/aromatic N) is 1. The molecule has 1 saturated carbocycles. The lowest BCUT2D eigenvalue weighted by molar-refractivity contribution is -0.127. The van der Waals surface area contributed by atoms with Crippen molar-refractivity contribution in [2.24, 2.45) is 11.7 Å². The molecule has 0 aromatic heterocycles. The summed E-state index contributed by atoms with van der Waals surface area (Å²) in [7, 11) is 0. The molecule has 4 nitrogen and oxygen atoms in total. The average molecular weight is 269 g/mol. The van der Waals surface area contributed by atoms with E-state index in [9.17, 15) is 4.79 Å². The summed E-state index contributed by atoms with van der Waals surface area (Å²) >= 11 is 0. The van der Waals surface area contributed by atoms with Crippen LogP contribution in [0.25, 0.3) is 0 Å². The number of rotatable bonds is 9. The van der Waals surface area contributed by atoms with Crippen LogP contribution in [0, 0.1) is 5.92 Å². The highest BCUT2D eigenvalue weighted by molar-refractivity contribution is 5.81. The summed E-state index contributed by atoms with van der Waals surface area (Å²) in [6, 6.07) is 0.571. The van der Waals surface area contributed by atoms with Gasteiger partial charge >= 0.3 is 0 Å². The van der Waals surface area contributed by atoms with E-state index in [2.05, 4.69) is 24.1 Å². The van der Waals surface area contributed by atoms with E-state index in [4.69, 9.17) is 5.73 Å². The minimum absolute atomic E-state index is 0.0241. The van der Waals surface area contributed by atoms with E-state index in [1.165, 1.54) is 19.3 Å². The van der Waals surface area contributed by atoms with Crippen LogP contribution in [0.5, 0.6) is 0 Å². The molecule has 0 aromatic rings. The van der Waals surface area contributed by atoms with Crippen molar-refractivity contribution in [3.05, 3.63) is 0 Å². The van der Waals surface area contributed by atoms with Crippen molar-refractivity contribution in [2.45, 2.75) is 65.0 Å². The molecule has 1 unspecified atom stereocenters. The molecule has 1 aliphatic carbocycles. The fraction of sp³-hybridized carbons (Fsp3) is 0.933. The first kappa shape index (κ1) is 16.4. The summed E-state index contributed by atoms with van der Waals surface area (Å²) in [4.78, 5) is 14.5. The summed E-state index contributed by atoms with van der Waals surface area (Å²) in [6.45, 7) is 8.82. The second kappa shape index (κ2) is 8.54. The van der Waals surface area contributed by atoms with Crippen LogP contribution in [-0.2, 0) is 4.79 Å². The molecule has 0 aliphatic heterocycles. The van der Waals surface area contributed by atoms with E-state index in [1.54, 1.807) is 0 Å². The number of carbonyl (C=O) groups is 1. The number of nitrogens with one attached hydrogen (secondary N) is 1. The van der Waals surface area contributed by atoms with Crippen molar-refractivity contribution in [3.8, 4) is 0 Å². The monoisotopic (exact) mass is 269 g/mol. The zero-order valence-corrected chi connectivity index (χ0v) is 12.8. The Kier molecular flexibility index (Phi) is 7.39. The van der Waals surface area contributed by atoms with Gasteiger partial charge in [0.25, 0.3) is 0 Å². The van der Waals surface area contributed by atoms with Crippen molar-refractivity contribution in [1.82, 2.24) is 10.2 Å². The van der Waals surface area contributed by atoms with Crippen LogP contribution in [0.3, 0.4) is 0 Å². The predicted octanol–water partition coefficient (Wildman–Crippen LogP) is 1.74. The zero-order valence-electron chi connectivity index (χ0n) is 12.8. The van der Waals surface area contributed by atoms with E-state index >= 15 is 0 Å². The normalized spacial score (nSPS) is 17.6. The number of hydrogen-bond donors (Lipinski definition) is 2. The summed E-state index contributed by atoms with van der Waals surface area (Å²) < 4.78 is 0. The van der Waals surface area contributed by atoms with E-state index < -0.39 is 0 Å². The molecular formula is C15H31N3O. The van der Waals surface area contributed by atoms with Crippen LogP contribution in [0.15, 0.2) is 0 Å². The second-order valence-corrected chi connectivity index (χ2v) is 6.11. The summed E-state index contributed by atoms with van der Waals surface area (Å²) in [5, 5.41) is 3.06. The van der Waals surface area contributed by atoms with Gasteiger partial charge in [-0.05, 0) is 45.1 Å². The van der Waals surface area contributed by atoms with Crippen LogP contribution >= 0.6 is 0 Å². The Morgan fingerprint density at radius 2 is 2.05 bits per heavy atom. The average Bonchev–Trinajstić information content (AvgIpc) is 2.30. The van der Waals surface area contributed by atoms with Gasteiger partial charge in [-0.2, -0.15) is 0 Å². The lowest BCUT2D eigenvalue weighted by atomic mass is 9.90. The quantitative estimate of drug-likeness (QED) is 0.670. The van der Waals surface area contributed by atoms with Gasteiger partial charge in [0.2, 0.25) is 5.91 Å². The Morgan fingerprint density at radius 1 is 1.37 bits per heavy atom. The third-order valence-corrected chi connectivity index (χ3v) is 4.06. The molecule has 1 rings (SSSR count). The third-order valence-electron chi connectivity index (χ3n) is 4.06. The number of amides is 1. The molecule has 0 spiro atoms. The Morgan fingerprint density at radius 3 is 2.53 bits per heavy atom. The Bertz CT molecular complexity index is 264. The fourth-order valence-electron chi connectivity index (χ4n) is 2.47. The van der Waals surface area contributed by atoms with Crippen molar-refractivity contribution >= 4 is 5.91 Å². The van der Waals surface area contributed by atoms with Crippen LogP contribution in [0.4, 0.5) is 0 Å². The minimum atomic E-state index is -0.0241. The maximum atomic E-state index is 12.2. The summed E-state index contributed by atoms with van der Waals surface area (Å²) in [5.41, 5.74) is 5.60. The van der Waals surface area contributed by atoms with E-state index in [1.807, 2.05) is 6.92 Å². The van der Waals surface area contributed by atoms with Gasteiger partial charge in [0, 0.05) is 19.1 Å². The molecule has 19 heavy (non-hydrogen) atoms. The lowest BCUT2D eigenvalue weighted by Gasteiger charge is -2.40. The SMILES string of the molecule is CC(C)CCNC(=O)C(C)N(CCCN)C1CCC1. The highest BCUT2D eigenvalue weighted by Crippen LogP contribution is 2.26. The van der Waals surface area contributed by atoms with Gasteiger partial charge in [-0.15, -0.1) is 0 Å². The van der Waals surface area contributed by atoms with Crippen molar-refractivity contribution in [2.75, 3.05) is 19.6 Å². The van der Waals surface area contributed by atoms with E-state index in [0.29, 0.717) is 18.5 Å². The molecule has 3 N–H and O–H groups in total.